The summed E-state index contributed by atoms with van der Waals surface area (Å²) < 4.78 is 11.4. The fourth-order valence-corrected chi connectivity index (χ4v) is 3.77. The first-order chi connectivity index (χ1) is 11.8. The summed E-state index contributed by atoms with van der Waals surface area (Å²) in [4.78, 5) is 2.55. The molecular formula is C19H21NO2S2. The minimum Gasteiger partial charge on any atom is -0.493 e. The van der Waals surface area contributed by atoms with Gasteiger partial charge in [-0.2, -0.15) is 0 Å². The van der Waals surface area contributed by atoms with Crippen molar-refractivity contribution in [2.75, 3.05) is 7.11 Å². The molecule has 1 N–H and O–H groups in total. The number of thiophene rings is 2. The van der Waals surface area contributed by atoms with Gasteiger partial charge in [-0.1, -0.05) is 18.2 Å². The smallest absolute Gasteiger partial charge is 0.161 e. The van der Waals surface area contributed by atoms with Crippen LogP contribution in [-0.4, -0.2) is 7.11 Å². The lowest BCUT2D eigenvalue weighted by molar-refractivity contribution is 0.287. The lowest BCUT2D eigenvalue weighted by atomic mass is 10.2. The van der Waals surface area contributed by atoms with Crippen LogP contribution in [0, 0.1) is 0 Å². The van der Waals surface area contributed by atoms with Crippen molar-refractivity contribution in [2.24, 2.45) is 0 Å². The number of ether oxygens (including phenoxy) is 2. The molecule has 0 aliphatic rings. The summed E-state index contributed by atoms with van der Waals surface area (Å²) >= 11 is 3.47. The van der Waals surface area contributed by atoms with Crippen LogP contribution in [0.5, 0.6) is 11.5 Å². The Hall–Kier alpha value is -1.82. The van der Waals surface area contributed by atoms with Crippen molar-refractivity contribution < 1.29 is 9.47 Å². The van der Waals surface area contributed by atoms with E-state index in [2.05, 4.69) is 47.3 Å². The van der Waals surface area contributed by atoms with Gasteiger partial charge in [0.1, 0.15) is 6.61 Å². The van der Waals surface area contributed by atoms with Gasteiger partial charge in [-0.05, 0) is 47.5 Å². The molecule has 0 bridgehead atoms. The van der Waals surface area contributed by atoms with E-state index in [1.165, 1.54) is 15.3 Å². The number of methoxy groups -OCH3 is 1. The predicted molar refractivity (Wildman–Crippen MR) is 101 cm³/mol. The van der Waals surface area contributed by atoms with E-state index in [9.17, 15) is 0 Å². The number of hydrogen-bond acceptors (Lipinski definition) is 5. The largest absolute Gasteiger partial charge is 0.493 e. The van der Waals surface area contributed by atoms with Crippen LogP contribution in [0.4, 0.5) is 0 Å². The average molecular weight is 360 g/mol. The lowest BCUT2D eigenvalue weighted by Gasteiger charge is -2.14. The average Bonchev–Trinajstić information content (AvgIpc) is 3.31. The van der Waals surface area contributed by atoms with Gasteiger partial charge in [0.15, 0.2) is 11.5 Å². The van der Waals surface area contributed by atoms with Gasteiger partial charge in [0, 0.05) is 22.3 Å². The second-order valence-corrected chi connectivity index (χ2v) is 7.48. The van der Waals surface area contributed by atoms with Crippen molar-refractivity contribution >= 4 is 22.7 Å². The SMILES string of the molecule is COc1cc(CNC(C)c2cccs2)ccc1OCc1cccs1. The van der Waals surface area contributed by atoms with Crippen molar-refractivity contribution in [3.05, 3.63) is 68.5 Å². The summed E-state index contributed by atoms with van der Waals surface area (Å²) in [6.07, 6.45) is 0. The van der Waals surface area contributed by atoms with E-state index in [4.69, 9.17) is 9.47 Å². The number of benzene rings is 1. The van der Waals surface area contributed by atoms with Crippen molar-refractivity contribution in [2.45, 2.75) is 26.1 Å². The van der Waals surface area contributed by atoms with E-state index in [-0.39, 0.29) is 0 Å². The van der Waals surface area contributed by atoms with Crippen LogP contribution in [0.1, 0.15) is 28.3 Å². The van der Waals surface area contributed by atoms with Crippen molar-refractivity contribution in [3.8, 4) is 11.5 Å². The van der Waals surface area contributed by atoms with E-state index in [1.54, 1.807) is 29.8 Å². The van der Waals surface area contributed by atoms with E-state index in [0.29, 0.717) is 12.6 Å². The third-order valence-electron chi connectivity index (χ3n) is 3.76. The van der Waals surface area contributed by atoms with Crippen LogP contribution >= 0.6 is 22.7 Å². The molecule has 24 heavy (non-hydrogen) atoms. The highest BCUT2D eigenvalue weighted by Crippen LogP contribution is 2.29. The molecule has 1 unspecified atom stereocenters. The van der Waals surface area contributed by atoms with Gasteiger partial charge in [0.05, 0.1) is 7.11 Å². The monoisotopic (exact) mass is 359 g/mol. The van der Waals surface area contributed by atoms with Crippen LogP contribution in [-0.2, 0) is 13.2 Å². The fourth-order valence-electron chi connectivity index (χ4n) is 2.39. The second-order valence-electron chi connectivity index (χ2n) is 5.47. The Balaban J connectivity index is 1.60. The van der Waals surface area contributed by atoms with Crippen molar-refractivity contribution in [1.82, 2.24) is 5.32 Å². The first-order valence-corrected chi connectivity index (χ1v) is 9.61. The molecule has 126 valence electrons. The summed E-state index contributed by atoms with van der Waals surface area (Å²) in [5, 5.41) is 7.70. The Morgan fingerprint density at radius 1 is 1.04 bits per heavy atom. The summed E-state index contributed by atoms with van der Waals surface area (Å²) in [5.41, 5.74) is 1.18. The Labute approximate surface area is 150 Å². The molecule has 0 saturated heterocycles. The Morgan fingerprint density at radius 3 is 2.58 bits per heavy atom. The predicted octanol–water partition coefficient (Wildman–Crippen LogP) is 5.25. The molecule has 0 aliphatic carbocycles. The molecule has 3 rings (SSSR count). The van der Waals surface area contributed by atoms with E-state index >= 15 is 0 Å². The zero-order valence-corrected chi connectivity index (χ0v) is 15.5. The summed E-state index contributed by atoms with van der Waals surface area (Å²) in [5.74, 6) is 1.55. The molecule has 2 heterocycles. The van der Waals surface area contributed by atoms with Crippen LogP contribution in [0.3, 0.4) is 0 Å². The van der Waals surface area contributed by atoms with Gasteiger partial charge in [0.2, 0.25) is 0 Å². The zero-order chi connectivity index (χ0) is 16.8. The van der Waals surface area contributed by atoms with Crippen LogP contribution in [0.15, 0.2) is 53.2 Å². The first kappa shape index (κ1) is 17.0. The molecule has 0 fully saturated rings. The van der Waals surface area contributed by atoms with Gasteiger partial charge < -0.3 is 14.8 Å². The van der Waals surface area contributed by atoms with Gasteiger partial charge in [-0.25, -0.2) is 0 Å². The normalized spacial score (nSPS) is 12.1. The van der Waals surface area contributed by atoms with E-state index in [1.807, 2.05) is 18.2 Å². The fraction of sp³-hybridized carbons (Fsp3) is 0.263. The molecule has 0 amide bonds. The Morgan fingerprint density at radius 2 is 1.88 bits per heavy atom. The topological polar surface area (TPSA) is 30.5 Å². The molecule has 0 radical (unpaired) electrons. The number of rotatable bonds is 8. The molecular weight excluding hydrogens is 338 g/mol. The van der Waals surface area contributed by atoms with Gasteiger partial charge in [-0.3, -0.25) is 0 Å². The number of hydrogen-bond donors (Lipinski definition) is 1. The van der Waals surface area contributed by atoms with E-state index < -0.39 is 0 Å². The molecule has 0 saturated carbocycles. The Kier molecular flexibility index (Phi) is 5.91. The van der Waals surface area contributed by atoms with Gasteiger partial charge >= 0.3 is 0 Å². The molecule has 0 aliphatic heterocycles. The molecule has 3 aromatic rings. The molecule has 5 heteroatoms. The minimum absolute atomic E-state index is 0.339. The molecule has 1 aromatic carbocycles. The molecule has 1 atom stereocenters. The second kappa shape index (κ2) is 8.33. The van der Waals surface area contributed by atoms with Crippen LogP contribution < -0.4 is 14.8 Å². The maximum absolute atomic E-state index is 5.88. The third-order valence-corrected chi connectivity index (χ3v) is 5.67. The minimum atomic E-state index is 0.339. The first-order valence-electron chi connectivity index (χ1n) is 7.85. The molecule has 0 spiro atoms. The standard InChI is InChI=1S/C19H21NO2S2/c1-14(19-6-4-10-24-19)20-12-15-7-8-17(18(11-15)21-2)22-13-16-5-3-9-23-16/h3-11,14,20H,12-13H2,1-2H3. The number of nitrogens with one attached hydrogen (secondary N) is 1. The summed E-state index contributed by atoms with van der Waals surface area (Å²) in [6, 6.07) is 14.8. The quantitative estimate of drug-likeness (QED) is 0.596. The highest BCUT2D eigenvalue weighted by molar-refractivity contribution is 7.10. The Bertz CT molecular complexity index is 739. The lowest BCUT2D eigenvalue weighted by Crippen LogP contribution is -2.17. The van der Waals surface area contributed by atoms with Crippen LogP contribution in [0.25, 0.3) is 0 Å². The molecule has 3 nitrogen and oxygen atoms in total. The van der Waals surface area contributed by atoms with E-state index in [0.717, 1.165) is 18.0 Å². The van der Waals surface area contributed by atoms with Crippen LogP contribution in [0.2, 0.25) is 0 Å². The van der Waals surface area contributed by atoms with Gasteiger partial charge in [0.25, 0.3) is 0 Å². The molecule has 2 aromatic heterocycles. The maximum Gasteiger partial charge on any atom is 0.161 e. The highest BCUT2D eigenvalue weighted by Gasteiger charge is 2.09. The maximum atomic E-state index is 5.88. The van der Waals surface area contributed by atoms with Gasteiger partial charge in [-0.15, -0.1) is 22.7 Å². The highest BCUT2D eigenvalue weighted by atomic mass is 32.1. The zero-order valence-electron chi connectivity index (χ0n) is 13.8. The van der Waals surface area contributed by atoms with Crippen molar-refractivity contribution in [1.29, 1.82) is 0 Å². The summed E-state index contributed by atoms with van der Waals surface area (Å²) in [7, 11) is 1.68. The summed E-state index contributed by atoms with van der Waals surface area (Å²) in [6.45, 7) is 3.54. The third kappa shape index (κ3) is 4.38. The van der Waals surface area contributed by atoms with Crippen molar-refractivity contribution in [3.63, 3.8) is 0 Å².